The Labute approximate surface area is 196 Å². The molecule has 0 radical (unpaired) electrons. The van der Waals surface area contributed by atoms with E-state index in [0.29, 0.717) is 51.5 Å². The van der Waals surface area contributed by atoms with Crippen molar-refractivity contribution >= 4 is 57.1 Å². The van der Waals surface area contributed by atoms with Gasteiger partial charge >= 0.3 is 5.97 Å². The SMILES string of the molecule is CCOC(=O)c1cnc2cc(OC)c(N3CCOCC3)cc2c1Nc1ccc(Cl)c(Cl)c1. The molecular weight excluding hydrogens is 453 g/mol. The largest absolute Gasteiger partial charge is 0.495 e. The highest BCUT2D eigenvalue weighted by molar-refractivity contribution is 6.42. The second kappa shape index (κ2) is 9.81. The Kier molecular flexibility index (Phi) is 6.89. The first-order valence-corrected chi connectivity index (χ1v) is 11.0. The van der Waals surface area contributed by atoms with Crippen molar-refractivity contribution in [2.24, 2.45) is 0 Å². The summed E-state index contributed by atoms with van der Waals surface area (Å²) in [5.74, 6) is 0.240. The van der Waals surface area contributed by atoms with E-state index in [4.69, 9.17) is 37.4 Å². The fraction of sp³-hybridized carbons (Fsp3) is 0.304. The summed E-state index contributed by atoms with van der Waals surface area (Å²) in [5.41, 5.74) is 3.16. The molecule has 32 heavy (non-hydrogen) atoms. The Balaban J connectivity index is 1.89. The van der Waals surface area contributed by atoms with E-state index in [1.807, 2.05) is 12.1 Å². The van der Waals surface area contributed by atoms with E-state index in [0.717, 1.165) is 24.2 Å². The highest BCUT2D eigenvalue weighted by Gasteiger charge is 2.22. The van der Waals surface area contributed by atoms with Crippen LogP contribution in [-0.4, -0.2) is 51.0 Å². The number of nitrogens with zero attached hydrogens (tertiary/aromatic N) is 2. The van der Waals surface area contributed by atoms with Crippen LogP contribution < -0.4 is 15.0 Å². The van der Waals surface area contributed by atoms with Gasteiger partial charge in [0, 0.05) is 36.4 Å². The van der Waals surface area contributed by atoms with Gasteiger partial charge in [0.1, 0.15) is 11.3 Å². The molecule has 1 aromatic heterocycles. The molecule has 1 aliphatic rings. The minimum absolute atomic E-state index is 0.255. The molecule has 168 valence electrons. The number of carbonyl (C=O) groups excluding carboxylic acids is 1. The van der Waals surface area contributed by atoms with Gasteiger partial charge in [-0.05, 0) is 31.2 Å². The van der Waals surface area contributed by atoms with Crippen molar-refractivity contribution < 1.29 is 19.0 Å². The van der Waals surface area contributed by atoms with Crippen LogP contribution in [-0.2, 0) is 9.47 Å². The number of anilines is 3. The third kappa shape index (κ3) is 4.55. The summed E-state index contributed by atoms with van der Waals surface area (Å²) >= 11 is 12.3. The number of benzene rings is 2. The zero-order chi connectivity index (χ0) is 22.7. The van der Waals surface area contributed by atoms with Crippen LogP contribution in [0.15, 0.2) is 36.5 Å². The number of carbonyl (C=O) groups is 1. The van der Waals surface area contributed by atoms with E-state index < -0.39 is 5.97 Å². The summed E-state index contributed by atoms with van der Waals surface area (Å²) in [7, 11) is 1.63. The molecule has 0 amide bonds. The van der Waals surface area contributed by atoms with Gasteiger partial charge in [0.2, 0.25) is 0 Å². The standard InChI is InChI=1S/C23H23Cl2N3O4/c1-3-32-23(29)16-13-26-19-12-21(30-2)20(28-6-8-31-9-7-28)11-15(19)22(16)27-14-4-5-17(24)18(25)10-14/h4-5,10-13H,3,6-9H2,1-2H3,(H,26,27). The Morgan fingerprint density at radius 1 is 1.19 bits per heavy atom. The van der Waals surface area contributed by atoms with Crippen molar-refractivity contribution in [3.8, 4) is 5.75 Å². The maximum Gasteiger partial charge on any atom is 0.341 e. The number of hydrogen-bond donors (Lipinski definition) is 1. The predicted molar refractivity (Wildman–Crippen MR) is 127 cm³/mol. The normalized spacial score (nSPS) is 13.8. The summed E-state index contributed by atoms with van der Waals surface area (Å²) in [6.07, 6.45) is 1.51. The van der Waals surface area contributed by atoms with Gasteiger partial charge in [0.25, 0.3) is 0 Å². The van der Waals surface area contributed by atoms with E-state index in [9.17, 15) is 4.79 Å². The van der Waals surface area contributed by atoms with Crippen molar-refractivity contribution in [3.63, 3.8) is 0 Å². The Morgan fingerprint density at radius 2 is 1.97 bits per heavy atom. The molecule has 7 nitrogen and oxygen atoms in total. The van der Waals surface area contributed by atoms with Crippen LogP contribution >= 0.6 is 23.2 Å². The highest BCUT2D eigenvalue weighted by atomic mass is 35.5. The number of rotatable bonds is 6. The molecule has 0 spiro atoms. The van der Waals surface area contributed by atoms with Crippen molar-refractivity contribution in [2.75, 3.05) is 50.2 Å². The summed E-state index contributed by atoms with van der Waals surface area (Å²) in [5, 5.41) is 4.93. The number of aromatic nitrogens is 1. The van der Waals surface area contributed by atoms with Gasteiger partial charge in [-0.2, -0.15) is 0 Å². The number of halogens is 2. The zero-order valence-electron chi connectivity index (χ0n) is 17.8. The van der Waals surface area contributed by atoms with Crippen molar-refractivity contribution in [2.45, 2.75) is 6.92 Å². The van der Waals surface area contributed by atoms with Crippen molar-refractivity contribution in [3.05, 3.63) is 52.1 Å². The molecule has 1 fully saturated rings. The lowest BCUT2D eigenvalue weighted by molar-refractivity contribution is 0.0527. The molecule has 0 atom stereocenters. The van der Waals surface area contributed by atoms with Gasteiger partial charge in [-0.15, -0.1) is 0 Å². The van der Waals surface area contributed by atoms with Gasteiger partial charge in [0.05, 0.1) is 53.9 Å². The van der Waals surface area contributed by atoms with Crippen molar-refractivity contribution in [1.29, 1.82) is 0 Å². The molecule has 9 heteroatoms. The van der Waals surface area contributed by atoms with Crippen LogP contribution in [0.4, 0.5) is 17.1 Å². The molecule has 1 N–H and O–H groups in total. The van der Waals surface area contributed by atoms with Crippen LogP contribution in [0.1, 0.15) is 17.3 Å². The van der Waals surface area contributed by atoms with E-state index in [1.165, 1.54) is 6.20 Å². The molecule has 4 rings (SSSR count). The lowest BCUT2D eigenvalue weighted by atomic mass is 10.1. The van der Waals surface area contributed by atoms with Gasteiger partial charge in [-0.3, -0.25) is 4.98 Å². The van der Waals surface area contributed by atoms with Crippen LogP contribution in [0.3, 0.4) is 0 Å². The second-order valence-electron chi connectivity index (χ2n) is 7.16. The molecule has 1 saturated heterocycles. The molecule has 0 unspecified atom stereocenters. The maximum absolute atomic E-state index is 12.7. The summed E-state index contributed by atoms with van der Waals surface area (Å²) < 4.78 is 16.4. The molecule has 3 aromatic rings. The first kappa shape index (κ1) is 22.5. The fourth-order valence-corrected chi connectivity index (χ4v) is 3.94. The number of nitrogens with one attached hydrogen (secondary N) is 1. The molecule has 0 saturated carbocycles. The highest BCUT2D eigenvalue weighted by Crippen LogP contribution is 2.39. The molecule has 1 aliphatic heterocycles. The number of ether oxygens (including phenoxy) is 3. The van der Waals surface area contributed by atoms with Gasteiger partial charge in [-0.25, -0.2) is 4.79 Å². The number of methoxy groups -OCH3 is 1. The summed E-state index contributed by atoms with van der Waals surface area (Å²) in [6, 6.07) is 9.05. The quantitative estimate of drug-likeness (QED) is 0.484. The number of hydrogen-bond acceptors (Lipinski definition) is 7. The smallest absolute Gasteiger partial charge is 0.341 e. The van der Waals surface area contributed by atoms with Gasteiger partial charge in [0.15, 0.2) is 0 Å². The Bertz CT molecular complexity index is 1150. The average molecular weight is 476 g/mol. The van der Waals surface area contributed by atoms with Gasteiger partial charge < -0.3 is 24.4 Å². The van der Waals surface area contributed by atoms with Gasteiger partial charge in [-0.1, -0.05) is 23.2 Å². The van der Waals surface area contributed by atoms with Crippen LogP contribution in [0.25, 0.3) is 10.9 Å². The molecule has 0 aliphatic carbocycles. The van der Waals surface area contributed by atoms with Crippen LogP contribution in [0.5, 0.6) is 5.75 Å². The molecule has 2 heterocycles. The lowest BCUT2D eigenvalue weighted by Crippen LogP contribution is -2.36. The average Bonchev–Trinajstić information content (AvgIpc) is 2.81. The van der Waals surface area contributed by atoms with Crippen molar-refractivity contribution in [1.82, 2.24) is 4.98 Å². The minimum atomic E-state index is -0.465. The summed E-state index contributed by atoms with van der Waals surface area (Å²) in [4.78, 5) is 19.4. The van der Waals surface area contributed by atoms with E-state index in [2.05, 4.69) is 15.2 Å². The fourth-order valence-electron chi connectivity index (χ4n) is 3.64. The molecule has 0 bridgehead atoms. The second-order valence-corrected chi connectivity index (χ2v) is 7.98. The topological polar surface area (TPSA) is 72.9 Å². The predicted octanol–water partition coefficient (Wildman–Crippen LogP) is 5.31. The third-order valence-electron chi connectivity index (χ3n) is 5.20. The molecule has 2 aromatic carbocycles. The minimum Gasteiger partial charge on any atom is -0.495 e. The van der Waals surface area contributed by atoms with Crippen LogP contribution in [0.2, 0.25) is 10.0 Å². The number of fused-ring (bicyclic) bond motifs is 1. The first-order chi connectivity index (χ1) is 15.5. The third-order valence-corrected chi connectivity index (χ3v) is 5.94. The van der Waals surface area contributed by atoms with Crippen LogP contribution in [0, 0.1) is 0 Å². The Morgan fingerprint density at radius 3 is 2.66 bits per heavy atom. The molecular formula is C23H23Cl2N3O4. The van der Waals surface area contributed by atoms with E-state index >= 15 is 0 Å². The Hall–Kier alpha value is -2.74. The lowest BCUT2D eigenvalue weighted by Gasteiger charge is -2.30. The maximum atomic E-state index is 12.7. The monoisotopic (exact) mass is 475 g/mol. The first-order valence-electron chi connectivity index (χ1n) is 10.2. The van der Waals surface area contributed by atoms with E-state index in [-0.39, 0.29) is 6.61 Å². The summed E-state index contributed by atoms with van der Waals surface area (Å²) in [6.45, 7) is 4.77. The van der Waals surface area contributed by atoms with E-state index in [1.54, 1.807) is 32.2 Å². The number of esters is 1. The zero-order valence-corrected chi connectivity index (χ0v) is 19.3. The number of pyridine rings is 1. The number of morpholine rings is 1.